The second-order valence-electron chi connectivity index (χ2n) is 5.60. The molecule has 0 aromatic heterocycles. The van der Waals surface area contributed by atoms with Crippen LogP contribution in [0.15, 0.2) is 24.3 Å². The highest BCUT2D eigenvalue weighted by molar-refractivity contribution is 5.80. The van der Waals surface area contributed by atoms with E-state index in [2.05, 4.69) is 6.92 Å². The van der Waals surface area contributed by atoms with E-state index in [4.69, 9.17) is 5.11 Å². The summed E-state index contributed by atoms with van der Waals surface area (Å²) < 4.78 is 0. The highest BCUT2D eigenvalue weighted by atomic mass is 16.4. The number of unbranched alkanes of at least 4 members (excludes halogenated alkanes) is 4. The van der Waals surface area contributed by atoms with Gasteiger partial charge in [-0.1, -0.05) is 44.4 Å². The molecular formula is C18H30O4. The molecule has 126 valence electrons. The molecular weight excluding hydrogens is 280 g/mol. The van der Waals surface area contributed by atoms with E-state index in [1.165, 1.54) is 18.9 Å². The minimum atomic E-state index is -0.959. The molecule has 1 unspecified atom stereocenters. The minimum Gasteiger partial charge on any atom is -0.478 e. The Kier molecular flexibility index (Phi) is 13.6. The number of hydrogen-bond donors (Lipinski definition) is 2. The van der Waals surface area contributed by atoms with Crippen molar-refractivity contribution in [1.82, 2.24) is 0 Å². The molecule has 4 heteroatoms. The number of hydrogen-bond acceptors (Lipinski definition) is 3. The summed E-state index contributed by atoms with van der Waals surface area (Å²) >= 11 is 0. The van der Waals surface area contributed by atoms with Crippen molar-refractivity contribution in [2.75, 3.05) is 0 Å². The highest BCUT2D eigenvalue weighted by Crippen LogP contribution is 2.10. The molecule has 0 saturated heterocycles. The van der Waals surface area contributed by atoms with E-state index in [-0.39, 0.29) is 5.78 Å². The van der Waals surface area contributed by atoms with Crippen LogP contribution in [0, 0.1) is 0 Å². The Labute approximate surface area is 133 Å². The molecule has 0 heterocycles. The SMILES string of the molecule is CCCCCCC(=O)CCC(O)CCCC=CC=CC(=O)O. The molecule has 0 aromatic carbocycles. The zero-order valence-corrected chi connectivity index (χ0v) is 13.7. The van der Waals surface area contributed by atoms with E-state index in [1.807, 2.05) is 6.08 Å². The molecule has 0 amide bonds. The van der Waals surface area contributed by atoms with E-state index < -0.39 is 12.1 Å². The van der Waals surface area contributed by atoms with E-state index in [9.17, 15) is 14.7 Å². The predicted molar refractivity (Wildman–Crippen MR) is 88.8 cm³/mol. The quantitative estimate of drug-likeness (QED) is 0.288. The zero-order chi connectivity index (χ0) is 16.6. The zero-order valence-electron chi connectivity index (χ0n) is 13.7. The number of aliphatic carboxylic acids is 1. The van der Waals surface area contributed by atoms with Gasteiger partial charge in [-0.2, -0.15) is 0 Å². The van der Waals surface area contributed by atoms with Crippen molar-refractivity contribution in [3.63, 3.8) is 0 Å². The van der Waals surface area contributed by atoms with Crippen LogP contribution in [0.3, 0.4) is 0 Å². The predicted octanol–water partition coefficient (Wildman–Crippen LogP) is 4.03. The van der Waals surface area contributed by atoms with Crippen LogP contribution in [0.5, 0.6) is 0 Å². The number of carboxylic acids is 1. The summed E-state index contributed by atoms with van der Waals surface area (Å²) in [4.78, 5) is 21.9. The molecule has 0 fully saturated rings. The Balaban J connectivity index is 3.55. The third-order valence-electron chi connectivity index (χ3n) is 3.46. The summed E-state index contributed by atoms with van der Waals surface area (Å²) in [5.41, 5.74) is 0. The molecule has 0 rings (SSSR count). The van der Waals surface area contributed by atoms with Crippen molar-refractivity contribution in [3.8, 4) is 0 Å². The first kappa shape index (κ1) is 20.6. The lowest BCUT2D eigenvalue weighted by molar-refractivity contribution is -0.131. The van der Waals surface area contributed by atoms with E-state index >= 15 is 0 Å². The maximum Gasteiger partial charge on any atom is 0.328 e. The van der Waals surface area contributed by atoms with Crippen LogP contribution in [0.4, 0.5) is 0 Å². The molecule has 0 bridgehead atoms. The first-order valence-corrected chi connectivity index (χ1v) is 8.32. The van der Waals surface area contributed by atoms with Gasteiger partial charge in [-0.15, -0.1) is 0 Å². The standard InChI is InChI=1S/C18H30O4/c1-2-3-4-8-11-16(19)14-15-17(20)12-9-6-5-7-10-13-18(21)22/h5,7,10,13,17,20H,2-4,6,8-9,11-12,14-15H2,1H3,(H,21,22). The second kappa shape index (κ2) is 14.5. The van der Waals surface area contributed by atoms with Crippen molar-refractivity contribution in [2.24, 2.45) is 0 Å². The molecule has 1 atom stereocenters. The van der Waals surface area contributed by atoms with Gasteiger partial charge in [-0.3, -0.25) is 4.79 Å². The third kappa shape index (κ3) is 15.0. The molecule has 0 radical (unpaired) electrons. The average Bonchev–Trinajstić information content (AvgIpc) is 2.48. The van der Waals surface area contributed by atoms with Gasteiger partial charge in [-0.25, -0.2) is 4.79 Å². The molecule has 4 nitrogen and oxygen atoms in total. The number of ketones is 1. The molecule has 0 saturated carbocycles. The molecule has 0 aliphatic carbocycles. The number of carbonyl (C=O) groups is 2. The fraction of sp³-hybridized carbons (Fsp3) is 0.667. The Bertz CT molecular complexity index is 358. The monoisotopic (exact) mass is 310 g/mol. The number of allylic oxidation sites excluding steroid dienone is 3. The maximum atomic E-state index is 11.6. The van der Waals surface area contributed by atoms with Crippen LogP contribution in [0.2, 0.25) is 0 Å². The van der Waals surface area contributed by atoms with Crippen LogP contribution in [0.1, 0.15) is 71.1 Å². The molecule has 0 aromatic rings. The van der Waals surface area contributed by atoms with E-state index in [1.54, 1.807) is 6.08 Å². The Hall–Kier alpha value is -1.42. The fourth-order valence-corrected chi connectivity index (χ4v) is 2.13. The molecule has 0 aliphatic rings. The number of carbonyl (C=O) groups excluding carboxylic acids is 1. The normalized spacial score (nSPS) is 13.0. The number of rotatable bonds is 14. The first-order chi connectivity index (χ1) is 10.6. The third-order valence-corrected chi connectivity index (χ3v) is 3.46. The molecule has 0 aliphatic heterocycles. The molecule has 0 spiro atoms. The lowest BCUT2D eigenvalue weighted by atomic mass is 10.0. The van der Waals surface area contributed by atoms with Crippen LogP contribution in [-0.2, 0) is 9.59 Å². The molecule has 22 heavy (non-hydrogen) atoms. The van der Waals surface area contributed by atoms with Gasteiger partial charge in [0.1, 0.15) is 5.78 Å². The number of carboxylic acid groups (broad SMARTS) is 1. The lowest BCUT2D eigenvalue weighted by Crippen LogP contribution is -2.09. The summed E-state index contributed by atoms with van der Waals surface area (Å²) in [6, 6.07) is 0. The summed E-state index contributed by atoms with van der Waals surface area (Å²) in [7, 11) is 0. The highest BCUT2D eigenvalue weighted by Gasteiger charge is 2.07. The van der Waals surface area contributed by atoms with Gasteiger partial charge in [0, 0.05) is 18.9 Å². The average molecular weight is 310 g/mol. The lowest BCUT2D eigenvalue weighted by Gasteiger charge is -2.09. The summed E-state index contributed by atoms with van der Waals surface area (Å²) in [5.74, 6) is -0.701. The van der Waals surface area contributed by atoms with Gasteiger partial charge < -0.3 is 10.2 Å². The second-order valence-corrected chi connectivity index (χ2v) is 5.60. The number of aliphatic hydroxyl groups excluding tert-OH is 1. The van der Waals surface area contributed by atoms with Gasteiger partial charge in [0.2, 0.25) is 0 Å². The van der Waals surface area contributed by atoms with Crippen LogP contribution in [-0.4, -0.2) is 28.1 Å². The smallest absolute Gasteiger partial charge is 0.328 e. The Morgan fingerprint density at radius 1 is 1.00 bits per heavy atom. The minimum absolute atomic E-state index is 0.258. The maximum absolute atomic E-state index is 11.6. The van der Waals surface area contributed by atoms with Gasteiger partial charge in [0.05, 0.1) is 6.10 Å². The largest absolute Gasteiger partial charge is 0.478 e. The van der Waals surface area contributed by atoms with Crippen molar-refractivity contribution < 1.29 is 19.8 Å². The summed E-state index contributed by atoms with van der Waals surface area (Å²) in [5, 5.41) is 18.2. The van der Waals surface area contributed by atoms with Crippen LogP contribution < -0.4 is 0 Å². The Morgan fingerprint density at radius 3 is 2.45 bits per heavy atom. The fourth-order valence-electron chi connectivity index (χ4n) is 2.13. The van der Waals surface area contributed by atoms with Crippen molar-refractivity contribution >= 4 is 11.8 Å². The van der Waals surface area contributed by atoms with Crippen molar-refractivity contribution in [1.29, 1.82) is 0 Å². The van der Waals surface area contributed by atoms with Gasteiger partial charge in [0.25, 0.3) is 0 Å². The Morgan fingerprint density at radius 2 is 1.77 bits per heavy atom. The van der Waals surface area contributed by atoms with Gasteiger partial charge in [0.15, 0.2) is 0 Å². The van der Waals surface area contributed by atoms with Crippen molar-refractivity contribution in [3.05, 3.63) is 24.3 Å². The first-order valence-electron chi connectivity index (χ1n) is 8.32. The van der Waals surface area contributed by atoms with Crippen LogP contribution >= 0.6 is 0 Å². The van der Waals surface area contributed by atoms with Gasteiger partial charge in [-0.05, 0) is 32.1 Å². The topological polar surface area (TPSA) is 74.6 Å². The van der Waals surface area contributed by atoms with E-state index in [0.717, 1.165) is 31.8 Å². The van der Waals surface area contributed by atoms with Gasteiger partial charge >= 0.3 is 5.97 Å². The summed E-state index contributed by atoms with van der Waals surface area (Å²) in [6.45, 7) is 2.15. The number of Topliss-reactive ketones (excluding diaryl/α,β-unsaturated/α-hetero) is 1. The van der Waals surface area contributed by atoms with Crippen molar-refractivity contribution in [2.45, 2.75) is 77.2 Å². The molecule has 2 N–H and O–H groups in total. The number of aliphatic hydroxyl groups is 1. The van der Waals surface area contributed by atoms with E-state index in [0.29, 0.717) is 25.7 Å². The summed E-state index contributed by atoms with van der Waals surface area (Å²) in [6.07, 6.45) is 14.2. The van der Waals surface area contributed by atoms with Crippen LogP contribution in [0.25, 0.3) is 0 Å².